The normalized spacial score (nSPS) is 17.6. The number of ether oxygens (including phenoxy) is 1. The van der Waals surface area contributed by atoms with Gasteiger partial charge in [-0.2, -0.15) is 4.31 Å². The first-order valence-corrected chi connectivity index (χ1v) is 10.4. The molecule has 27 heavy (non-hydrogen) atoms. The predicted octanol–water partition coefficient (Wildman–Crippen LogP) is -0.0773. The minimum absolute atomic E-state index is 0.121. The predicted molar refractivity (Wildman–Crippen MR) is 97.0 cm³/mol. The van der Waals surface area contributed by atoms with Gasteiger partial charge in [0.25, 0.3) is 10.0 Å². The van der Waals surface area contributed by atoms with E-state index in [9.17, 15) is 18.0 Å². The van der Waals surface area contributed by atoms with Crippen molar-refractivity contribution >= 4 is 33.2 Å². The van der Waals surface area contributed by atoms with E-state index in [0.29, 0.717) is 0 Å². The van der Waals surface area contributed by atoms with Crippen LogP contribution in [0, 0.1) is 0 Å². The van der Waals surface area contributed by atoms with Crippen LogP contribution in [0.3, 0.4) is 0 Å². The van der Waals surface area contributed by atoms with Gasteiger partial charge in [0.1, 0.15) is 10.4 Å². The van der Waals surface area contributed by atoms with Crippen LogP contribution in [0.25, 0.3) is 0 Å². The summed E-state index contributed by atoms with van der Waals surface area (Å²) in [5.74, 6) is -1.67. The van der Waals surface area contributed by atoms with Crippen molar-refractivity contribution in [3.63, 3.8) is 0 Å². The number of aromatic nitrogens is 1. The molecule has 2 aromatic rings. The molecule has 2 aromatic heterocycles. The topological polar surface area (TPSA) is 118 Å². The molecule has 1 fully saturated rings. The Morgan fingerprint density at radius 1 is 1.26 bits per heavy atom. The molecule has 0 aliphatic carbocycles. The van der Waals surface area contributed by atoms with Crippen LogP contribution in [-0.4, -0.2) is 55.4 Å². The summed E-state index contributed by atoms with van der Waals surface area (Å²) in [6.07, 6.45) is 2.33. The van der Waals surface area contributed by atoms with Crippen molar-refractivity contribution < 1.29 is 22.7 Å². The van der Waals surface area contributed by atoms with E-state index in [4.69, 9.17) is 4.74 Å². The van der Waals surface area contributed by atoms with E-state index >= 15 is 0 Å². The van der Waals surface area contributed by atoms with Crippen molar-refractivity contribution in [1.82, 2.24) is 19.9 Å². The van der Waals surface area contributed by atoms with Gasteiger partial charge in [-0.05, 0) is 23.1 Å². The molecule has 1 aliphatic heterocycles. The molecule has 1 atom stereocenters. The van der Waals surface area contributed by atoms with Gasteiger partial charge in [-0.15, -0.1) is 11.3 Å². The first-order chi connectivity index (χ1) is 13.0. The van der Waals surface area contributed by atoms with Gasteiger partial charge in [0, 0.05) is 25.5 Å². The number of thiophene rings is 1. The third kappa shape index (κ3) is 4.69. The highest BCUT2D eigenvalue weighted by atomic mass is 32.2. The monoisotopic (exact) mass is 410 g/mol. The fourth-order valence-corrected chi connectivity index (χ4v) is 5.12. The molecule has 1 aliphatic rings. The van der Waals surface area contributed by atoms with Gasteiger partial charge in [0.05, 0.1) is 13.2 Å². The highest BCUT2D eigenvalue weighted by Gasteiger charge is 2.37. The first kappa shape index (κ1) is 19.4. The molecule has 0 unspecified atom stereocenters. The molecule has 144 valence electrons. The number of rotatable bonds is 6. The van der Waals surface area contributed by atoms with Crippen molar-refractivity contribution in [2.45, 2.75) is 17.0 Å². The maximum atomic E-state index is 12.6. The van der Waals surface area contributed by atoms with Gasteiger partial charge in [-0.25, -0.2) is 8.42 Å². The van der Waals surface area contributed by atoms with Crippen molar-refractivity contribution in [1.29, 1.82) is 0 Å². The highest BCUT2D eigenvalue weighted by Crippen LogP contribution is 2.25. The van der Waals surface area contributed by atoms with E-state index in [-0.39, 0.29) is 30.5 Å². The van der Waals surface area contributed by atoms with Gasteiger partial charge < -0.3 is 15.4 Å². The zero-order chi connectivity index (χ0) is 19.3. The van der Waals surface area contributed by atoms with Crippen LogP contribution in [0.15, 0.2) is 46.2 Å². The molecule has 11 heteroatoms. The number of carbonyl (C=O) groups is 2. The summed E-state index contributed by atoms with van der Waals surface area (Å²) in [7, 11) is -3.69. The van der Waals surface area contributed by atoms with E-state index in [1.807, 2.05) is 0 Å². The molecule has 0 bridgehead atoms. The first-order valence-electron chi connectivity index (χ1n) is 8.10. The lowest BCUT2D eigenvalue weighted by Crippen LogP contribution is -2.47. The largest absolute Gasteiger partial charge is 0.359 e. The summed E-state index contributed by atoms with van der Waals surface area (Å²) in [5.41, 5.74) is 0.756. The van der Waals surface area contributed by atoms with E-state index in [2.05, 4.69) is 15.6 Å². The minimum Gasteiger partial charge on any atom is -0.359 e. The number of hydrogen-bond acceptors (Lipinski definition) is 7. The summed E-state index contributed by atoms with van der Waals surface area (Å²) in [6.45, 7) is 0.453. The molecular formula is C16H18N4O5S2. The molecule has 3 heterocycles. The highest BCUT2D eigenvalue weighted by molar-refractivity contribution is 7.91. The van der Waals surface area contributed by atoms with Crippen molar-refractivity contribution in [2.24, 2.45) is 0 Å². The Bertz CT molecular complexity index is 887. The Morgan fingerprint density at radius 2 is 2.07 bits per heavy atom. The quantitative estimate of drug-likeness (QED) is 0.644. The number of nitrogens with zero attached hydrogens (tertiary/aromatic N) is 2. The molecular weight excluding hydrogens is 392 g/mol. The zero-order valence-electron chi connectivity index (χ0n) is 14.2. The fraction of sp³-hybridized carbons (Fsp3) is 0.312. The van der Waals surface area contributed by atoms with Crippen LogP contribution in [-0.2, 0) is 30.9 Å². The molecule has 0 aromatic carbocycles. The van der Waals surface area contributed by atoms with E-state index in [0.717, 1.165) is 16.9 Å². The van der Waals surface area contributed by atoms with Crippen molar-refractivity contribution in [3.8, 4) is 0 Å². The molecule has 0 spiro atoms. The average molecular weight is 410 g/mol. The molecule has 2 amide bonds. The van der Waals surface area contributed by atoms with Gasteiger partial charge in [-0.1, -0.05) is 12.1 Å². The maximum absolute atomic E-state index is 12.6. The van der Waals surface area contributed by atoms with E-state index in [1.54, 1.807) is 36.0 Å². The van der Waals surface area contributed by atoms with Crippen molar-refractivity contribution in [2.75, 3.05) is 19.7 Å². The number of nitrogens with one attached hydrogen (secondary N) is 2. The molecule has 9 nitrogen and oxygen atoms in total. The number of amides is 2. The summed E-state index contributed by atoms with van der Waals surface area (Å²) < 4.78 is 32.0. The SMILES string of the molecule is O=C(NCc1cccnc1)C(=O)NC[C@H]1OCCN1S(=O)(=O)c1cccs1. The lowest BCUT2D eigenvalue weighted by atomic mass is 10.3. The summed E-state index contributed by atoms with van der Waals surface area (Å²) in [4.78, 5) is 27.7. The van der Waals surface area contributed by atoms with Crippen LogP contribution in [0.5, 0.6) is 0 Å². The Morgan fingerprint density at radius 3 is 2.78 bits per heavy atom. The van der Waals surface area contributed by atoms with Crippen LogP contribution >= 0.6 is 11.3 Å². The van der Waals surface area contributed by atoms with E-state index < -0.39 is 28.1 Å². The summed E-state index contributed by atoms with van der Waals surface area (Å²) in [5, 5.41) is 6.56. The Labute approximate surface area is 160 Å². The van der Waals surface area contributed by atoms with Gasteiger partial charge >= 0.3 is 11.8 Å². The van der Waals surface area contributed by atoms with Crippen LogP contribution < -0.4 is 10.6 Å². The molecule has 0 saturated carbocycles. The number of carbonyl (C=O) groups excluding carboxylic acids is 2. The molecule has 3 rings (SSSR count). The maximum Gasteiger partial charge on any atom is 0.309 e. The fourth-order valence-electron chi connectivity index (χ4n) is 2.49. The Kier molecular flexibility index (Phi) is 6.16. The lowest BCUT2D eigenvalue weighted by molar-refractivity contribution is -0.139. The van der Waals surface area contributed by atoms with E-state index in [1.165, 1.54) is 10.4 Å². The van der Waals surface area contributed by atoms with Crippen LogP contribution in [0.1, 0.15) is 5.56 Å². The third-order valence-electron chi connectivity index (χ3n) is 3.82. The Hall–Kier alpha value is -2.34. The number of sulfonamides is 1. The average Bonchev–Trinajstić information content (AvgIpc) is 3.37. The smallest absolute Gasteiger partial charge is 0.309 e. The third-order valence-corrected chi connectivity index (χ3v) is 7.08. The second-order valence-electron chi connectivity index (χ2n) is 5.63. The molecule has 2 N–H and O–H groups in total. The van der Waals surface area contributed by atoms with Crippen molar-refractivity contribution in [3.05, 3.63) is 47.6 Å². The lowest BCUT2D eigenvalue weighted by Gasteiger charge is -2.22. The van der Waals surface area contributed by atoms with Crippen LogP contribution in [0.4, 0.5) is 0 Å². The number of hydrogen-bond donors (Lipinski definition) is 2. The minimum atomic E-state index is -3.69. The van der Waals surface area contributed by atoms with Crippen LogP contribution in [0.2, 0.25) is 0 Å². The van der Waals surface area contributed by atoms with Gasteiger partial charge in [-0.3, -0.25) is 14.6 Å². The summed E-state index contributed by atoms with van der Waals surface area (Å²) >= 11 is 1.11. The second kappa shape index (κ2) is 8.57. The standard InChI is InChI=1S/C16H18N4O5S2/c21-15(18-10-12-3-1-5-17-9-12)16(22)19-11-13-20(6-7-25-13)27(23,24)14-4-2-8-26-14/h1-5,8-9,13H,6-7,10-11H2,(H,18,21)(H,19,22)/t13-/m1/s1. The number of pyridine rings is 1. The second-order valence-corrected chi connectivity index (χ2v) is 8.69. The zero-order valence-corrected chi connectivity index (χ0v) is 15.8. The molecule has 1 saturated heterocycles. The van der Waals surface area contributed by atoms with Gasteiger partial charge in [0.2, 0.25) is 0 Å². The summed E-state index contributed by atoms with van der Waals surface area (Å²) in [6, 6.07) is 6.66. The Balaban J connectivity index is 1.52. The van der Waals surface area contributed by atoms with Gasteiger partial charge in [0.15, 0.2) is 0 Å². The molecule has 0 radical (unpaired) electrons.